The van der Waals surface area contributed by atoms with E-state index in [4.69, 9.17) is 5.11 Å². The van der Waals surface area contributed by atoms with E-state index in [2.05, 4.69) is 10.1 Å². The summed E-state index contributed by atoms with van der Waals surface area (Å²) in [5.74, 6) is -0.996. The Bertz CT molecular complexity index is 188. The molecule has 4 nitrogen and oxygen atoms in total. The molecule has 2 N–H and O–H groups in total. The molecule has 0 bridgehead atoms. The Kier molecular flexibility index (Phi) is 7.15. The van der Waals surface area contributed by atoms with E-state index in [0.717, 1.165) is 0 Å². The Hall–Kier alpha value is -0.750. The average Bonchev–Trinajstić information content (AvgIpc) is 2.08. The van der Waals surface area contributed by atoms with Crippen LogP contribution in [0.25, 0.3) is 0 Å². The van der Waals surface area contributed by atoms with Crippen LogP contribution in [0.15, 0.2) is 0 Å². The Morgan fingerprint density at radius 3 is 2.47 bits per heavy atom. The molecular weight excluding hydrogens is 208 g/mol. The van der Waals surface area contributed by atoms with E-state index < -0.39 is 25.0 Å². The Morgan fingerprint density at radius 1 is 1.47 bits per heavy atom. The van der Waals surface area contributed by atoms with Gasteiger partial charge >= 0.3 is 5.97 Å². The van der Waals surface area contributed by atoms with Crippen molar-refractivity contribution in [2.75, 3.05) is 13.2 Å². The summed E-state index contributed by atoms with van der Waals surface area (Å²) in [6.45, 7) is 3.00. The van der Waals surface area contributed by atoms with Crippen LogP contribution in [-0.4, -0.2) is 42.8 Å². The molecule has 0 radical (unpaired) electrons. The second-order valence-electron chi connectivity index (χ2n) is 3.47. The third-order valence-electron chi connectivity index (χ3n) is 1.63. The quantitative estimate of drug-likeness (QED) is 0.607. The van der Waals surface area contributed by atoms with Crippen molar-refractivity contribution in [3.05, 3.63) is 0 Å². The highest BCUT2D eigenvalue weighted by Crippen LogP contribution is 1.98. The minimum atomic E-state index is -2.51. The van der Waals surface area contributed by atoms with E-state index in [1.165, 1.54) is 0 Å². The molecule has 0 aliphatic rings. The van der Waals surface area contributed by atoms with Crippen molar-refractivity contribution < 1.29 is 23.4 Å². The number of alkyl halides is 2. The lowest BCUT2D eigenvalue weighted by Crippen LogP contribution is -2.41. The van der Waals surface area contributed by atoms with E-state index >= 15 is 0 Å². The van der Waals surface area contributed by atoms with Crippen LogP contribution < -0.4 is 5.32 Å². The number of carboxylic acids is 1. The van der Waals surface area contributed by atoms with E-state index in [1.54, 1.807) is 0 Å². The van der Waals surface area contributed by atoms with E-state index in [1.807, 2.05) is 13.8 Å². The highest BCUT2D eigenvalue weighted by atomic mass is 19.3. The molecule has 90 valence electrons. The third kappa shape index (κ3) is 8.26. The van der Waals surface area contributed by atoms with Crippen molar-refractivity contribution in [2.24, 2.45) is 0 Å². The maximum absolute atomic E-state index is 11.7. The van der Waals surface area contributed by atoms with Gasteiger partial charge in [-0.2, -0.15) is 0 Å². The largest absolute Gasteiger partial charge is 0.480 e. The van der Waals surface area contributed by atoms with Crippen LogP contribution in [0.2, 0.25) is 0 Å². The molecule has 0 saturated heterocycles. The summed E-state index contributed by atoms with van der Waals surface area (Å²) in [5, 5.41) is 11.6. The van der Waals surface area contributed by atoms with Crippen LogP contribution in [-0.2, 0) is 9.53 Å². The summed E-state index contributed by atoms with van der Waals surface area (Å²) < 4.78 is 27.9. The summed E-state index contributed by atoms with van der Waals surface area (Å²) in [5.41, 5.74) is 0. The first kappa shape index (κ1) is 14.2. The molecule has 0 fully saturated rings. The van der Waals surface area contributed by atoms with Crippen molar-refractivity contribution in [1.29, 1.82) is 0 Å². The highest BCUT2D eigenvalue weighted by Gasteiger charge is 2.17. The molecule has 1 unspecified atom stereocenters. The number of carbonyl (C=O) groups is 1. The molecule has 0 aliphatic carbocycles. The molecule has 0 rings (SSSR count). The lowest BCUT2D eigenvalue weighted by molar-refractivity contribution is -0.140. The van der Waals surface area contributed by atoms with Crippen molar-refractivity contribution in [2.45, 2.75) is 38.8 Å². The number of rotatable bonds is 8. The highest BCUT2D eigenvalue weighted by molar-refractivity contribution is 5.73. The van der Waals surface area contributed by atoms with E-state index in [9.17, 15) is 13.6 Å². The predicted octanol–water partition coefficient (Wildman–Crippen LogP) is 1.11. The molecule has 1 atom stereocenters. The summed E-state index contributed by atoms with van der Waals surface area (Å²) in [4.78, 5) is 10.7. The summed E-state index contributed by atoms with van der Waals surface area (Å²) >= 11 is 0. The van der Waals surface area contributed by atoms with Gasteiger partial charge in [0.05, 0.1) is 0 Å². The maximum Gasteiger partial charge on any atom is 0.320 e. The van der Waals surface area contributed by atoms with Crippen LogP contribution >= 0.6 is 0 Å². The minimum Gasteiger partial charge on any atom is -0.480 e. The molecule has 6 heteroatoms. The zero-order chi connectivity index (χ0) is 11.8. The first-order chi connectivity index (χ1) is 6.93. The number of nitrogens with one attached hydrogen (secondary N) is 1. The number of halogens is 2. The topological polar surface area (TPSA) is 58.6 Å². The Balaban J connectivity index is 3.72. The zero-order valence-electron chi connectivity index (χ0n) is 8.87. The fourth-order valence-corrected chi connectivity index (χ4v) is 1.05. The molecular formula is C9H17F2NO3. The molecule has 0 aromatic carbocycles. The van der Waals surface area contributed by atoms with Gasteiger partial charge in [-0.1, -0.05) is 13.8 Å². The van der Waals surface area contributed by atoms with Gasteiger partial charge in [0.1, 0.15) is 12.6 Å². The van der Waals surface area contributed by atoms with Gasteiger partial charge in [0.15, 0.2) is 0 Å². The van der Waals surface area contributed by atoms with E-state index in [0.29, 0.717) is 0 Å². The van der Waals surface area contributed by atoms with Crippen LogP contribution in [0.5, 0.6) is 0 Å². The molecule has 0 amide bonds. The summed E-state index contributed by atoms with van der Waals surface area (Å²) in [7, 11) is 0. The first-order valence-electron chi connectivity index (χ1n) is 4.78. The molecule has 0 aromatic rings. The normalized spacial score (nSPS) is 13.5. The third-order valence-corrected chi connectivity index (χ3v) is 1.63. The Morgan fingerprint density at radius 2 is 2.07 bits per heavy atom. The molecule has 15 heavy (non-hydrogen) atoms. The first-order valence-corrected chi connectivity index (χ1v) is 4.78. The zero-order valence-corrected chi connectivity index (χ0v) is 8.87. The van der Waals surface area contributed by atoms with Crippen molar-refractivity contribution >= 4 is 5.97 Å². The fourth-order valence-electron chi connectivity index (χ4n) is 1.05. The van der Waals surface area contributed by atoms with Crippen LogP contribution in [0.4, 0.5) is 8.78 Å². The summed E-state index contributed by atoms with van der Waals surface area (Å²) in [6, 6.07) is -0.719. The summed E-state index contributed by atoms with van der Waals surface area (Å²) in [6.07, 6.45) is -2.33. The SMILES string of the molecule is CC(C)NC(CCOCC(F)F)C(=O)O. The maximum atomic E-state index is 11.7. The number of carboxylic acid groups (broad SMARTS) is 1. The molecule has 0 aliphatic heterocycles. The van der Waals surface area contributed by atoms with Gasteiger partial charge in [0, 0.05) is 12.6 Å². The second kappa shape index (κ2) is 7.53. The van der Waals surface area contributed by atoms with Crippen LogP contribution in [0, 0.1) is 0 Å². The van der Waals surface area contributed by atoms with Gasteiger partial charge in [-0.05, 0) is 6.42 Å². The van der Waals surface area contributed by atoms with Crippen LogP contribution in [0.3, 0.4) is 0 Å². The number of hydrogen-bond acceptors (Lipinski definition) is 3. The second-order valence-corrected chi connectivity index (χ2v) is 3.47. The Labute approximate surface area is 87.6 Å². The smallest absolute Gasteiger partial charge is 0.320 e. The number of ether oxygens (including phenoxy) is 1. The van der Waals surface area contributed by atoms with Gasteiger partial charge in [-0.25, -0.2) is 8.78 Å². The van der Waals surface area contributed by atoms with Gasteiger partial charge in [0.25, 0.3) is 6.43 Å². The van der Waals surface area contributed by atoms with Gasteiger partial charge in [0.2, 0.25) is 0 Å². The molecule has 0 saturated carbocycles. The van der Waals surface area contributed by atoms with E-state index in [-0.39, 0.29) is 19.1 Å². The lowest BCUT2D eigenvalue weighted by atomic mass is 10.2. The monoisotopic (exact) mass is 225 g/mol. The van der Waals surface area contributed by atoms with Gasteiger partial charge in [-0.15, -0.1) is 0 Å². The standard InChI is InChI=1S/C9H17F2NO3/c1-6(2)12-7(9(13)14)3-4-15-5-8(10)11/h6-8,12H,3-5H2,1-2H3,(H,13,14). The van der Waals surface area contributed by atoms with Crippen molar-refractivity contribution in [3.8, 4) is 0 Å². The lowest BCUT2D eigenvalue weighted by Gasteiger charge is -2.16. The van der Waals surface area contributed by atoms with Crippen molar-refractivity contribution in [3.63, 3.8) is 0 Å². The van der Waals surface area contributed by atoms with Gasteiger partial charge in [-0.3, -0.25) is 4.79 Å². The molecule has 0 heterocycles. The van der Waals surface area contributed by atoms with Crippen molar-refractivity contribution in [1.82, 2.24) is 5.32 Å². The molecule has 0 spiro atoms. The number of hydrogen-bond donors (Lipinski definition) is 2. The van der Waals surface area contributed by atoms with Crippen LogP contribution in [0.1, 0.15) is 20.3 Å². The molecule has 0 aromatic heterocycles. The number of aliphatic carboxylic acids is 1. The predicted molar refractivity (Wildman–Crippen MR) is 51.1 cm³/mol. The minimum absolute atomic E-state index is 0.0149. The average molecular weight is 225 g/mol. The fraction of sp³-hybridized carbons (Fsp3) is 0.889. The van der Waals surface area contributed by atoms with Gasteiger partial charge < -0.3 is 15.2 Å².